The number of carbonyl (C=O) groups is 4. The summed E-state index contributed by atoms with van der Waals surface area (Å²) in [7, 11) is -4.05. The number of carboxylic acids is 2. The fourth-order valence-corrected chi connectivity index (χ4v) is 23.2. The molecule has 4 fully saturated rings. The third-order valence-electron chi connectivity index (χ3n) is 27.9. The number of anilines is 6. The van der Waals surface area contributed by atoms with Crippen LogP contribution in [0.3, 0.4) is 0 Å². The second-order valence-corrected chi connectivity index (χ2v) is 44.9. The zero-order valence-electron chi connectivity index (χ0n) is 86.9. The lowest BCUT2D eigenvalue weighted by Gasteiger charge is -2.37. The van der Waals surface area contributed by atoms with Gasteiger partial charge < -0.3 is 79.1 Å². The van der Waals surface area contributed by atoms with Crippen LogP contribution >= 0.6 is 46.7 Å². The van der Waals surface area contributed by atoms with E-state index in [0.29, 0.717) is 34.3 Å². The third kappa shape index (κ3) is 30.5. The summed E-state index contributed by atoms with van der Waals surface area (Å²) in [5, 5.41) is 46.4. The number of sulfonamides is 2. The van der Waals surface area contributed by atoms with E-state index in [1.807, 2.05) is 155 Å². The molecule has 2 aromatic heterocycles. The van der Waals surface area contributed by atoms with E-state index in [2.05, 4.69) is 201 Å². The number of benzene rings is 11. The number of rotatable bonds is 37. The van der Waals surface area contributed by atoms with E-state index in [4.69, 9.17) is 37.8 Å². The summed E-state index contributed by atoms with van der Waals surface area (Å²) in [4.78, 5) is 67.4. The Kier molecular flexibility index (Phi) is 40.8. The number of halogens is 2. The van der Waals surface area contributed by atoms with Gasteiger partial charge in [0.05, 0.1) is 56.5 Å². The van der Waals surface area contributed by atoms with Crippen LogP contribution < -0.4 is 44.4 Å². The van der Waals surface area contributed by atoms with Crippen LogP contribution in [0.15, 0.2) is 287 Å². The molecule has 0 radical (unpaired) electrons. The first-order valence-corrected chi connectivity index (χ1v) is 57.0. The monoisotopic (exact) mass is 2140 g/mol. The van der Waals surface area contributed by atoms with Crippen molar-refractivity contribution in [3.63, 3.8) is 0 Å². The number of carboxylic acid groups (broad SMARTS) is 2. The number of nitrogens with zero attached hydrogens (tertiary/aromatic N) is 8. The number of aromatic nitrogens is 2. The maximum Gasteiger partial charge on any atom is 0.346 e. The Hall–Kier alpha value is -12.4. The topological polar surface area (TPSA) is 313 Å². The number of carbonyl (C=O) groups excluding carboxylic acids is 2. The van der Waals surface area contributed by atoms with E-state index in [9.17, 15) is 51.3 Å². The Bertz CT molecular complexity index is 6770. The Balaban J connectivity index is 0.000000160. The molecule has 0 unspecified atom stereocenters. The SMILES string of the molecule is CCn1c(C)c(C(=O)OCCC(=O)O)c(-c2cccc(N3CCN(c4ccc(C)cc4)CC3)c2)c1-c1ccc(Cl)cc1.CCn1c(C)c(C(=O)Oc2ccc(C(=O)O)cc2)c(-c2cccc(N3CCN(c4ccc(C)cc4)CC3)c2)c1-c1ccc(Cl)cc1.CNS(=O)(=O)c1ccc(N[C@H](CCN2CCC(O)CC2)CSc2ccccc2)c(C)c1.CNS(=O)(=O)c1ccc(N[C@H](CCN2CCC(O)CC2)CSc2ccccc2)c(C)c1. The van der Waals surface area contributed by atoms with Crippen molar-refractivity contribution in [2.75, 3.05) is 154 Å². The summed E-state index contributed by atoms with van der Waals surface area (Å²) < 4.78 is 68.7. The molecule has 4 saturated heterocycles. The van der Waals surface area contributed by atoms with Crippen molar-refractivity contribution >= 4 is 125 Å². The van der Waals surface area contributed by atoms with Crippen molar-refractivity contribution in [2.45, 2.75) is 157 Å². The predicted octanol–water partition coefficient (Wildman–Crippen LogP) is 22.1. The quantitative estimate of drug-likeness (QED) is 0.0102. The second-order valence-electron chi connectivity index (χ2n) is 38.1. The number of aliphatic hydroxyl groups excluding tert-OH is 2. The summed E-state index contributed by atoms with van der Waals surface area (Å²) >= 11 is 16.1. The number of piperidine rings is 2. The van der Waals surface area contributed by atoms with Gasteiger partial charge in [0.15, 0.2) is 0 Å². The summed E-state index contributed by atoms with van der Waals surface area (Å²) in [6, 6.07) is 86.8. The van der Waals surface area contributed by atoms with Crippen LogP contribution in [0.5, 0.6) is 5.75 Å². The average molecular weight is 2150 g/mol. The van der Waals surface area contributed by atoms with Crippen molar-refractivity contribution in [1.29, 1.82) is 0 Å². The van der Waals surface area contributed by atoms with Gasteiger partial charge in [0.1, 0.15) is 12.4 Å². The number of hydrogen-bond acceptors (Lipinski definition) is 22. The molecule has 8 N–H and O–H groups in total. The lowest BCUT2D eigenvalue weighted by Crippen LogP contribution is -2.46. The van der Waals surface area contributed by atoms with Gasteiger partial charge in [0.2, 0.25) is 20.0 Å². The van der Waals surface area contributed by atoms with Crippen LogP contribution in [0.25, 0.3) is 44.8 Å². The molecule has 26 nitrogen and oxygen atoms in total. The van der Waals surface area contributed by atoms with E-state index in [-0.39, 0.29) is 58.4 Å². The van der Waals surface area contributed by atoms with Gasteiger partial charge in [-0.1, -0.05) is 144 Å². The molecule has 4 aliphatic heterocycles. The van der Waals surface area contributed by atoms with Crippen LogP contribution in [0, 0.1) is 41.5 Å². The van der Waals surface area contributed by atoms with E-state index >= 15 is 0 Å². The van der Waals surface area contributed by atoms with Crippen molar-refractivity contribution in [2.24, 2.45) is 0 Å². The highest BCUT2D eigenvalue weighted by Gasteiger charge is 2.34. The number of aliphatic hydroxyl groups is 2. The molecule has 13 aromatic rings. The van der Waals surface area contributed by atoms with E-state index in [1.165, 1.54) is 70.7 Å². The Morgan fingerprint density at radius 2 is 0.793 bits per heavy atom. The van der Waals surface area contributed by atoms with Gasteiger partial charge in [0.25, 0.3) is 0 Å². The van der Waals surface area contributed by atoms with Gasteiger partial charge in [-0.25, -0.2) is 40.7 Å². The van der Waals surface area contributed by atoms with Gasteiger partial charge in [-0.2, -0.15) is 0 Å². The molecule has 4 aliphatic rings. The standard InChI is InChI=1S/C38H36ClN3O4.C34H36ClN3O4.2C23H33N3O3S2/c1-4-42-26(3)34(38(45)46-33-18-12-28(13-19-33)37(43)44)35(36(42)27-10-14-30(39)15-11-27)29-6-5-7-32(24-29)41-22-20-40(21-23-41)31-16-8-25(2)9-17-31;1-4-38-24(3)31(34(41)42-21-16-30(39)40)32(33(38)25-10-12-27(35)13-11-25)26-6-5-7-29(22-26)37-19-17-36(18-20-37)28-14-8-23(2)9-15-28;2*1-18-16-22(31(28,29)24-2)8-9-23(18)25-19(17-30-21-6-4-3-5-7-21)10-13-26-14-11-20(27)12-15-26/h5-19,24H,4,20-23H2,1-3H3,(H,43,44);5-15,22H,4,16-21H2,1-3H3,(H,39,40);2*3-9,16,19-20,24-25,27H,10-15,17H2,1-2H3/t;;2*19-/m..11/s1. The minimum atomic E-state index is -3.45. The minimum Gasteiger partial charge on any atom is -0.481 e. The molecule has 32 heteroatoms. The number of aryl methyl sites for hydroxylation is 4. The molecular weight excluding hydrogens is 2010 g/mol. The number of aliphatic carboxylic acids is 1. The number of esters is 2. The van der Waals surface area contributed by atoms with Crippen molar-refractivity contribution in [3.05, 3.63) is 327 Å². The summed E-state index contributed by atoms with van der Waals surface area (Å²) in [5.41, 5.74) is 20.6. The third-order valence-corrected chi connectivity index (χ3v) is 33.6. The highest BCUT2D eigenvalue weighted by atomic mass is 35.5. The van der Waals surface area contributed by atoms with E-state index < -0.39 is 43.9 Å². The number of aromatic carboxylic acids is 1. The maximum atomic E-state index is 14.0. The molecule has 0 aliphatic carbocycles. The molecule has 11 aromatic carbocycles. The minimum absolute atomic E-state index is 0.121. The Labute approximate surface area is 901 Å². The van der Waals surface area contributed by atoms with Gasteiger partial charge in [-0.15, -0.1) is 23.5 Å². The van der Waals surface area contributed by atoms with Crippen molar-refractivity contribution in [1.82, 2.24) is 28.4 Å². The van der Waals surface area contributed by atoms with Crippen molar-refractivity contribution in [3.8, 4) is 50.5 Å². The van der Waals surface area contributed by atoms with Crippen LogP contribution in [0.2, 0.25) is 10.0 Å². The molecule has 0 amide bonds. The second kappa shape index (κ2) is 54.0. The summed E-state index contributed by atoms with van der Waals surface area (Å²) in [6.45, 7) is 30.0. The first-order valence-electron chi connectivity index (χ1n) is 51.3. The zero-order chi connectivity index (χ0) is 107. The number of likely N-dealkylation sites (tertiary alicyclic amines) is 2. The lowest BCUT2D eigenvalue weighted by atomic mass is 9.96. The average Bonchev–Trinajstić information content (AvgIpc) is 1.60. The fourth-order valence-electron chi connectivity index (χ4n) is 19.3. The molecular formula is C118H138Cl2N12O14S4. The molecule has 0 spiro atoms. The van der Waals surface area contributed by atoms with Crippen LogP contribution in [0.4, 0.5) is 34.1 Å². The predicted molar refractivity (Wildman–Crippen MR) is 610 cm³/mol. The first kappa shape index (κ1) is 113. The summed E-state index contributed by atoms with van der Waals surface area (Å²) in [6.07, 6.45) is 4.77. The fraction of sp³-hybridized carbons (Fsp3) is 0.339. The molecule has 2 atom stereocenters. The number of hydrogen-bond donors (Lipinski definition) is 8. The highest BCUT2D eigenvalue weighted by Crippen LogP contribution is 2.45. The molecule has 0 saturated carbocycles. The number of thioether (sulfide) groups is 2. The number of piperazine rings is 2. The smallest absolute Gasteiger partial charge is 0.346 e. The van der Waals surface area contributed by atoms with Gasteiger partial charge in [0, 0.05) is 205 Å². The highest BCUT2D eigenvalue weighted by molar-refractivity contribution is 7.99. The Morgan fingerprint density at radius 1 is 0.420 bits per heavy atom. The van der Waals surface area contributed by atoms with Crippen LogP contribution in [-0.4, -0.2) is 228 Å². The molecule has 6 heterocycles. The Morgan fingerprint density at radius 3 is 1.15 bits per heavy atom. The maximum absolute atomic E-state index is 14.0. The molecule has 792 valence electrons. The van der Waals surface area contributed by atoms with Gasteiger partial charge in [-0.3, -0.25) is 4.79 Å². The van der Waals surface area contributed by atoms with E-state index in [0.717, 1.165) is 232 Å². The zero-order valence-corrected chi connectivity index (χ0v) is 91.7. The summed E-state index contributed by atoms with van der Waals surface area (Å²) in [5.74, 6) is -0.980. The van der Waals surface area contributed by atoms with E-state index in [1.54, 1.807) is 24.3 Å². The number of nitrogens with one attached hydrogen (secondary N) is 4. The van der Waals surface area contributed by atoms with Crippen molar-refractivity contribution < 1.29 is 65.9 Å². The molecule has 17 rings (SSSR count). The normalized spacial score (nSPS) is 14.7. The van der Waals surface area contributed by atoms with Crippen LogP contribution in [-0.2, 0) is 42.7 Å². The van der Waals surface area contributed by atoms with Gasteiger partial charge >= 0.3 is 23.9 Å². The molecule has 0 bridgehead atoms. The largest absolute Gasteiger partial charge is 0.481 e. The lowest BCUT2D eigenvalue weighted by molar-refractivity contribution is -0.137. The van der Waals surface area contributed by atoms with Gasteiger partial charge in [-0.05, 0) is 299 Å². The molecule has 150 heavy (non-hydrogen) atoms. The number of ether oxygens (including phenoxy) is 2. The first-order chi connectivity index (χ1) is 72.2. The van der Waals surface area contributed by atoms with Crippen LogP contribution in [0.1, 0.15) is 124 Å².